The lowest BCUT2D eigenvalue weighted by atomic mass is 9.84. The number of ketones is 1. The van der Waals surface area contributed by atoms with Crippen LogP contribution in [-0.2, 0) is 0 Å². The standard InChI is InChI=1S/C24H26N2O/c1-25(2)21-14-10-18(11-15-21)23(24(27)20-8-6-5-7-9-20)19-12-16-22(17-13-19)26(3)4/h5-17,23H,1-4H3. The maximum absolute atomic E-state index is 13.4. The van der Waals surface area contributed by atoms with Crippen LogP contribution in [0.3, 0.4) is 0 Å². The number of carbonyl (C=O) groups excluding carboxylic acids is 1. The maximum Gasteiger partial charge on any atom is 0.174 e. The lowest BCUT2D eigenvalue weighted by Gasteiger charge is -2.20. The molecule has 3 aromatic rings. The molecule has 0 aliphatic carbocycles. The molecule has 27 heavy (non-hydrogen) atoms. The molecule has 3 nitrogen and oxygen atoms in total. The van der Waals surface area contributed by atoms with Gasteiger partial charge in [0.2, 0.25) is 0 Å². The molecule has 0 spiro atoms. The van der Waals surface area contributed by atoms with E-state index in [1.807, 2.05) is 58.5 Å². The zero-order chi connectivity index (χ0) is 19.4. The molecule has 0 heterocycles. The number of benzene rings is 3. The Morgan fingerprint density at radius 1 is 0.630 bits per heavy atom. The van der Waals surface area contributed by atoms with Crippen LogP contribution in [0.15, 0.2) is 78.9 Å². The molecular weight excluding hydrogens is 332 g/mol. The first kappa shape index (κ1) is 18.7. The van der Waals surface area contributed by atoms with Gasteiger partial charge in [0.25, 0.3) is 0 Å². The largest absolute Gasteiger partial charge is 0.378 e. The molecule has 0 aliphatic heterocycles. The molecule has 138 valence electrons. The molecule has 0 N–H and O–H groups in total. The van der Waals surface area contributed by atoms with Crippen molar-refractivity contribution in [3.05, 3.63) is 95.6 Å². The Morgan fingerprint density at radius 3 is 1.41 bits per heavy atom. The molecule has 0 aromatic heterocycles. The normalized spacial score (nSPS) is 10.7. The second-order valence-corrected chi connectivity index (χ2v) is 7.14. The Kier molecular flexibility index (Phi) is 5.60. The summed E-state index contributed by atoms with van der Waals surface area (Å²) in [5.74, 6) is -0.203. The fourth-order valence-electron chi connectivity index (χ4n) is 3.19. The third-order valence-electron chi connectivity index (χ3n) is 4.81. The number of anilines is 2. The molecule has 3 rings (SSSR count). The van der Waals surface area contributed by atoms with E-state index in [1.54, 1.807) is 0 Å². The molecule has 0 radical (unpaired) electrons. The van der Waals surface area contributed by atoms with E-state index >= 15 is 0 Å². The number of rotatable bonds is 6. The third kappa shape index (κ3) is 4.20. The van der Waals surface area contributed by atoms with E-state index in [0.717, 1.165) is 28.1 Å². The van der Waals surface area contributed by atoms with Crippen molar-refractivity contribution in [2.75, 3.05) is 38.0 Å². The van der Waals surface area contributed by atoms with Gasteiger partial charge in [-0.1, -0.05) is 54.6 Å². The van der Waals surface area contributed by atoms with E-state index in [4.69, 9.17) is 0 Å². The van der Waals surface area contributed by atoms with Crippen molar-refractivity contribution >= 4 is 17.2 Å². The number of hydrogen-bond acceptors (Lipinski definition) is 3. The van der Waals surface area contributed by atoms with E-state index in [2.05, 4.69) is 58.3 Å². The first-order valence-corrected chi connectivity index (χ1v) is 9.11. The van der Waals surface area contributed by atoms with Gasteiger partial charge in [-0.3, -0.25) is 4.79 Å². The van der Waals surface area contributed by atoms with Gasteiger partial charge in [0.1, 0.15) is 0 Å². The van der Waals surface area contributed by atoms with E-state index in [9.17, 15) is 4.79 Å². The summed E-state index contributed by atoms with van der Waals surface area (Å²) in [4.78, 5) is 17.5. The third-order valence-corrected chi connectivity index (χ3v) is 4.81. The van der Waals surface area contributed by atoms with Crippen LogP contribution in [0.25, 0.3) is 0 Å². The predicted molar refractivity (Wildman–Crippen MR) is 114 cm³/mol. The van der Waals surface area contributed by atoms with Crippen molar-refractivity contribution in [1.29, 1.82) is 0 Å². The topological polar surface area (TPSA) is 23.6 Å². The van der Waals surface area contributed by atoms with Gasteiger partial charge < -0.3 is 9.80 Å². The zero-order valence-electron chi connectivity index (χ0n) is 16.4. The summed E-state index contributed by atoms with van der Waals surface area (Å²) in [6, 6.07) is 26.0. The lowest BCUT2D eigenvalue weighted by Crippen LogP contribution is -2.16. The highest BCUT2D eigenvalue weighted by atomic mass is 16.1. The molecule has 0 saturated heterocycles. The Bertz CT molecular complexity index is 830. The molecule has 3 aromatic carbocycles. The van der Waals surface area contributed by atoms with Crippen LogP contribution in [0.5, 0.6) is 0 Å². The highest BCUT2D eigenvalue weighted by molar-refractivity contribution is 6.03. The average molecular weight is 358 g/mol. The fourth-order valence-corrected chi connectivity index (χ4v) is 3.19. The minimum atomic E-state index is -0.320. The predicted octanol–water partition coefficient (Wildman–Crippen LogP) is 4.83. The molecule has 0 fully saturated rings. The molecule has 0 atom stereocenters. The summed E-state index contributed by atoms with van der Waals surface area (Å²) in [6.45, 7) is 0. The van der Waals surface area contributed by atoms with E-state index < -0.39 is 0 Å². The van der Waals surface area contributed by atoms with Crippen molar-refractivity contribution in [3.8, 4) is 0 Å². The quantitative estimate of drug-likeness (QED) is 0.590. The van der Waals surface area contributed by atoms with Crippen LogP contribution in [0, 0.1) is 0 Å². The highest BCUT2D eigenvalue weighted by Crippen LogP contribution is 2.31. The summed E-state index contributed by atoms with van der Waals surface area (Å²) in [6.07, 6.45) is 0. The van der Waals surface area contributed by atoms with Crippen LogP contribution < -0.4 is 9.80 Å². The summed E-state index contributed by atoms with van der Waals surface area (Å²) in [7, 11) is 8.06. The Balaban J connectivity index is 2.04. The van der Waals surface area contributed by atoms with Gasteiger partial charge in [-0.15, -0.1) is 0 Å². The summed E-state index contributed by atoms with van der Waals surface area (Å²) >= 11 is 0. The van der Waals surface area contributed by atoms with Crippen LogP contribution in [0.1, 0.15) is 27.4 Å². The molecule has 0 bridgehead atoms. The minimum Gasteiger partial charge on any atom is -0.378 e. The van der Waals surface area contributed by atoms with Crippen molar-refractivity contribution in [2.45, 2.75) is 5.92 Å². The van der Waals surface area contributed by atoms with Crippen LogP contribution in [0.2, 0.25) is 0 Å². The SMILES string of the molecule is CN(C)c1ccc(C(C(=O)c2ccccc2)c2ccc(N(C)C)cc2)cc1. The van der Waals surface area contributed by atoms with Gasteiger partial charge in [0.05, 0.1) is 5.92 Å². The first-order chi connectivity index (χ1) is 13.0. The Morgan fingerprint density at radius 2 is 1.04 bits per heavy atom. The van der Waals surface area contributed by atoms with Crippen LogP contribution in [0.4, 0.5) is 11.4 Å². The molecule has 0 aliphatic rings. The maximum atomic E-state index is 13.4. The highest BCUT2D eigenvalue weighted by Gasteiger charge is 2.24. The molecule has 3 heteroatoms. The van der Waals surface area contributed by atoms with Gasteiger partial charge in [0, 0.05) is 45.1 Å². The fraction of sp³-hybridized carbons (Fsp3) is 0.208. The number of nitrogens with zero attached hydrogens (tertiary/aromatic N) is 2. The second-order valence-electron chi connectivity index (χ2n) is 7.14. The van der Waals surface area contributed by atoms with Gasteiger partial charge in [0.15, 0.2) is 5.78 Å². The first-order valence-electron chi connectivity index (χ1n) is 9.11. The van der Waals surface area contributed by atoms with Crippen LogP contribution >= 0.6 is 0 Å². The van der Waals surface area contributed by atoms with Gasteiger partial charge >= 0.3 is 0 Å². The number of Topliss-reactive ketones (excluding diaryl/α,β-unsaturated/α-hetero) is 1. The van der Waals surface area contributed by atoms with E-state index in [1.165, 1.54) is 0 Å². The van der Waals surface area contributed by atoms with Crippen molar-refractivity contribution in [3.63, 3.8) is 0 Å². The smallest absolute Gasteiger partial charge is 0.174 e. The molecule has 0 amide bonds. The summed E-state index contributed by atoms with van der Waals surface area (Å²) in [5.41, 5.74) is 4.98. The van der Waals surface area contributed by atoms with E-state index in [0.29, 0.717) is 0 Å². The van der Waals surface area contributed by atoms with Crippen molar-refractivity contribution in [2.24, 2.45) is 0 Å². The molecule has 0 unspecified atom stereocenters. The Hall–Kier alpha value is -3.07. The molecular formula is C24H26N2O. The average Bonchev–Trinajstić information content (AvgIpc) is 2.69. The van der Waals surface area contributed by atoms with Crippen molar-refractivity contribution in [1.82, 2.24) is 0 Å². The molecule has 0 saturated carbocycles. The number of carbonyl (C=O) groups is 1. The zero-order valence-corrected chi connectivity index (χ0v) is 16.4. The van der Waals surface area contributed by atoms with Crippen molar-refractivity contribution < 1.29 is 4.79 Å². The lowest BCUT2D eigenvalue weighted by molar-refractivity contribution is 0.0974. The van der Waals surface area contributed by atoms with Gasteiger partial charge in [-0.2, -0.15) is 0 Å². The summed E-state index contributed by atoms with van der Waals surface area (Å²) < 4.78 is 0. The monoisotopic (exact) mass is 358 g/mol. The van der Waals surface area contributed by atoms with E-state index in [-0.39, 0.29) is 11.7 Å². The number of hydrogen-bond donors (Lipinski definition) is 0. The van der Waals surface area contributed by atoms with Gasteiger partial charge in [-0.25, -0.2) is 0 Å². The van der Waals surface area contributed by atoms with Gasteiger partial charge in [-0.05, 0) is 35.4 Å². The Labute approximate surface area is 161 Å². The van der Waals surface area contributed by atoms with Crippen LogP contribution in [-0.4, -0.2) is 34.0 Å². The summed E-state index contributed by atoms with van der Waals surface area (Å²) in [5, 5.41) is 0. The minimum absolute atomic E-state index is 0.116. The second kappa shape index (κ2) is 8.09.